The first kappa shape index (κ1) is 8.35. The summed E-state index contributed by atoms with van der Waals surface area (Å²) in [7, 11) is 2.19. The molecule has 0 aliphatic rings. The topological polar surface area (TPSA) is 0 Å². The first-order chi connectivity index (χ1) is 3.50. The molecule has 0 amide bonds. The van der Waals surface area contributed by atoms with Crippen molar-refractivity contribution in [2.45, 2.75) is 26.1 Å². The predicted molar refractivity (Wildman–Crippen MR) is 42.5 cm³/mol. The second-order valence-electron chi connectivity index (χ2n) is 3.28. The van der Waals surface area contributed by atoms with Crippen LogP contribution in [-0.2, 0) is 0 Å². The van der Waals surface area contributed by atoms with Crippen LogP contribution in [0.2, 0.25) is 5.31 Å². The molecule has 0 bridgehead atoms. The van der Waals surface area contributed by atoms with Gasteiger partial charge >= 0.3 is 0 Å². The summed E-state index contributed by atoms with van der Waals surface area (Å²) in [6, 6.07) is 0. The second kappa shape index (κ2) is 2.77. The minimum Gasteiger partial charge on any atom is -0.127 e. The van der Waals surface area contributed by atoms with Crippen molar-refractivity contribution in [3.63, 3.8) is 0 Å². The normalized spacial score (nSPS) is 18.6. The minimum atomic E-state index is 0.307. The molecular weight excluding hydrogens is 118 g/mol. The van der Waals surface area contributed by atoms with Crippen LogP contribution in [0, 0.1) is 5.92 Å². The van der Waals surface area contributed by atoms with Gasteiger partial charge in [-0.3, -0.25) is 0 Å². The van der Waals surface area contributed by atoms with Crippen LogP contribution in [0.5, 0.6) is 0 Å². The van der Waals surface area contributed by atoms with Gasteiger partial charge < -0.3 is 0 Å². The Kier molecular flexibility index (Phi) is 2.89. The summed E-state index contributed by atoms with van der Waals surface area (Å²) in [6.07, 6.45) is 0. The minimum absolute atomic E-state index is 0.307. The number of halogens is 1. The van der Waals surface area contributed by atoms with E-state index in [-0.39, 0.29) is 0 Å². The van der Waals surface area contributed by atoms with Gasteiger partial charge in [-0.1, -0.05) is 20.8 Å². The molecule has 0 fully saturated rings. The third-order valence-corrected chi connectivity index (χ3v) is 2.60. The average Bonchev–Trinajstić information content (AvgIpc) is 1.67. The molecule has 0 rings (SSSR count). The monoisotopic (exact) mass is 132 g/mol. The fourth-order valence-electron chi connectivity index (χ4n) is 0.154. The Morgan fingerprint density at radius 3 is 2.00 bits per heavy atom. The van der Waals surface area contributed by atoms with E-state index < -0.39 is 0 Å². The van der Waals surface area contributed by atoms with Gasteiger partial charge in [-0.05, 0) is 11.2 Å². The van der Waals surface area contributed by atoms with E-state index in [9.17, 15) is 0 Å². The van der Waals surface area contributed by atoms with Gasteiger partial charge in [0.05, 0.1) is 0 Å². The van der Waals surface area contributed by atoms with Crippen molar-refractivity contribution in [2.75, 3.05) is 5.88 Å². The third kappa shape index (κ3) is 2.08. The van der Waals surface area contributed by atoms with Crippen molar-refractivity contribution >= 4 is 19.4 Å². The molecule has 0 saturated heterocycles. The van der Waals surface area contributed by atoms with Crippen molar-refractivity contribution in [1.82, 2.24) is 0 Å². The SMILES string of the molecule is BC(C)(CCl)C(C)C. The van der Waals surface area contributed by atoms with E-state index in [0.717, 1.165) is 5.88 Å². The van der Waals surface area contributed by atoms with Crippen molar-refractivity contribution in [3.8, 4) is 0 Å². The molecule has 0 aromatic rings. The molecule has 0 spiro atoms. The second-order valence-corrected chi connectivity index (χ2v) is 3.54. The highest BCUT2D eigenvalue weighted by Crippen LogP contribution is 2.31. The quantitative estimate of drug-likeness (QED) is 0.396. The molecule has 0 nitrogen and oxygen atoms in total. The fraction of sp³-hybridized carbons (Fsp3) is 1.00. The Bertz CT molecular complexity index is 68.9. The smallest absolute Gasteiger partial charge is 0.111 e. The molecule has 48 valence electrons. The van der Waals surface area contributed by atoms with Crippen molar-refractivity contribution in [2.24, 2.45) is 5.92 Å². The molecular formula is C6H14BCl. The van der Waals surface area contributed by atoms with Gasteiger partial charge in [0.2, 0.25) is 0 Å². The van der Waals surface area contributed by atoms with Gasteiger partial charge in [0.1, 0.15) is 7.85 Å². The maximum absolute atomic E-state index is 5.69. The maximum Gasteiger partial charge on any atom is 0.111 e. The van der Waals surface area contributed by atoms with E-state index in [1.165, 1.54) is 0 Å². The predicted octanol–water partition coefficient (Wildman–Crippen LogP) is 1.69. The number of alkyl halides is 1. The van der Waals surface area contributed by atoms with E-state index in [1.807, 2.05) is 0 Å². The molecule has 1 unspecified atom stereocenters. The average molecular weight is 132 g/mol. The van der Waals surface area contributed by atoms with E-state index in [4.69, 9.17) is 11.6 Å². The van der Waals surface area contributed by atoms with Crippen LogP contribution >= 0.6 is 11.6 Å². The fourth-order valence-corrected chi connectivity index (χ4v) is 0.463. The zero-order valence-corrected chi connectivity index (χ0v) is 6.92. The highest BCUT2D eigenvalue weighted by molar-refractivity contribution is 6.26. The Labute approximate surface area is 58.0 Å². The number of hydrogen-bond donors (Lipinski definition) is 0. The summed E-state index contributed by atoms with van der Waals surface area (Å²) in [4.78, 5) is 0. The molecule has 0 N–H and O–H groups in total. The molecule has 0 aliphatic carbocycles. The van der Waals surface area contributed by atoms with Gasteiger partial charge in [-0.2, -0.15) is 0 Å². The van der Waals surface area contributed by atoms with Crippen molar-refractivity contribution in [3.05, 3.63) is 0 Å². The van der Waals surface area contributed by atoms with Crippen molar-refractivity contribution < 1.29 is 0 Å². The third-order valence-electron chi connectivity index (χ3n) is 1.91. The molecule has 0 aromatic heterocycles. The van der Waals surface area contributed by atoms with Crippen LogP contribution in [0.15, 0.2) is 0 Å². The summed E-state index contributed by atoms with van der Waals surface area (Å²) in [5, 5.41) is 0.307. The van der Waals surface area contributed by atoms with Crippen LogP contribution in [-0.4, -0.2) is 13.7 Å². The van der Waals surface area contributed by atoms with Gasteiger partial charge in [-0.25, -0.2) is 0 Å². The van der Waals surface area contributed by atoms with E-state index in [2.05, 4.69) is 28.6 Å². The summed E-state index contributed by atoms with van der Waals surface area (Å²) in [6.45, 7) is 6.58. The zero-order valence-electron chi connectivity index (χ0n) is 6.16. The summed E-state index contributed by atoms with van der Waals surface area (Å²) < 4.78 is 0. The number of hydrogen-bond acceptors (Lipinski definition) is 0. The molecule has 2 heteroatoms. The Morgan fingerprint density at radius 2 is 2.00 bits per heavy atom. The van der Waals surface area contributed by atoms with Crippen LogP contribution in [0.25, 0.3) is 0 Å². The highest BCUT2D eigenvalue weighted by Gasteiger charge is 2.20. The molecule has 0 saturated carbocycles. The lowest BCUT2D eigenvalue weighted by atomic mass is 9.65. The van der Waals surface area contributed by atoms with Gasteiger partial charge in [0.15, 0.2) is 0 Å². The molecule has 0 radical (unpaired) electrons. The first-order valence-corrected chi connectivity index (χ1v) is 3.60. The number of rotatable bonds is 2. The van der Waals surface area contributed by atoms with E-state index in [0.29, 0.717) is 11.2 Å². The van der Waals surface area contributed by atoms with Gasteiger partial charge in [0, 0.05) is 5.88 Å². The molecule has 8 heavy (non-hydrogen) atoms. The summed E-state index contributed by atoms with van der Waals surface area (Å²) in [5.41, 5.74) is 0. The Balaban J connectivity index is 3.71. The van der Waals surface area contributed by atoms with Gasteiger partial charge in [-0.15, -0.1) is 11.6 Å². The summed E-state index contributed by atoms with van der Waals surface area (Å²) in [5.74, 6) is 1.44. The largest absolute Gasteiger partial charge is 0.127 e. The maximum atomic E-state index is 5.69. The first-order valence-electron chi connectivity index (χ1n) is 3.06. The molecule has 0 aliphatic heterocycles. The molecule has 0 aromatic carbocycles. The van der Waals surface area contributed by atoms with Crippen LogP contribution in [0.4, 0.5) is 0 Å². The molecule has 1 atom stereocenters. The van der Waals surface area contributed by atoms with Crippen LogP contribution in [0.3, 0.4) is 0 Å². The lowest BCUT2D eigenvalue weighted by Gasteiger charge is -2.25. The lowest BCUT2D eigenvalue weighted by Crippen LogP contribution is -2.17. The van der Waals surface area contributed by atoms with Gasteiger partial charge in [0.25, 0.3) is 0 Å². The Hall–Kier alpha value is 0.355. The molecule has 0 heterocycles. The summed E-state index contributed by atoms with van der Waals surface area (Å²) >= 11 is 5.69. The van der Waals surface area contributed by atoms with Crippen LogP contribution < -0.4 is 0 Å². The van der Waals surface area contributed by atoms with Crippen molar-refractivity contribution in [1.29, 1.82) is 0 Å². The standard InChI is InChI=1S/C6H14BCl/c1-5(2)6(3,7)4-8/h5H,4,7H2,1-3H3. The van der Waals surface area contributed by atoms with Crippen LogP contribution in [0.1, 0.15) is 20.8 Å². The van der Waals surface area contributed by atoms with E-state index >= 15 is 0 Å². The highest BCUT2D eigenvalue weighted by atomic mass is 35.5. The van der Waals surface area contributed by atoms with E-state index in [1.54, 1.807) is 0 Å². The Morgan fingerprint density at radius 1 is 1.62 bits per heavy atom. The lowest BCUT2D eigenvalue weighted by molar-refractivity contribution is 0.485. The zero-order chi connectivity index (χ0) is 6.78.